The molecule has 192 valence electrons. The lowest BCUT2D eigenvalue weighted by Crippen LogP contribution is -2.39. The molecule has 2 amide bonds. The summed E-state index contributed by atoms with van der Waals surface area (Å²) in [6, 6.07) is 31.8. The fourth-order valence-electron chi connectivity index (χ4n) is 4.79. The summed E-state index contributed by atoms with van der Waals surface area (Å²) in [5.74, 6) is -1.62. The SMILES string of the molecule is O=C(CC1CN(Cc2ccccc2)c2ccccc2N(Cc2ccccc2)C1=O)Nc1ccc(F)c(Cl)c1. The molecule has 1 aliphatic heterocycles. The minimum atomic E-state index is -0.606. The molecule has 0 aromatic heterocycles. The van der Waals surface area contributed by atoms with Crippen molar-refractivity contribution in [2.24, 2.45) is 5.92 Å². The lowest BCUT2D eigenvalue weighted by Gasteiger charge is -2.27. The Balaban J connectivity index is 1.47. The number of nitrogens with one attached hydrogen (secondary N) is 1. The number of carbonyl (C=O) groups excluding carboxylic acids is 2. The van der Waals surface area contributed by atoms with Gasteiger partial charge in [-0.15, -0.1) is 0 Å². The standard InChI is InChI=1S/C31H27ClFN3O2/c32-26-18-25(15-16-27(26)33)34-30(37)17-24-21-35(19-22-9-3-1-4-10-22)28-13-7-8-14-29(28)36(31(24)38)20-23-11-5-2-6-12-23/h1-16,18,24H,17,19-21H2,(H,34,37). The molecule has 1 heterocycles. The predicted molar refractivity (Wildman–Crippen MR) is 150 cm³/mol. The van der Waals surface area contributed by atoms with Crippen molar-refractivity contribution in [2.75, 3.05) is 21.7 Å². The summed E-state index contributed by atoms with van der Waals surface area (Å²) in [5, 5.41) is 2.69. The summed E-state index contributed by atoms with van der Waals surface area (Å²) in [5.41, 5.74) is 4.24. The monoisotopic (exact) mass is 527 g/mol. The molecule has 0 spiro atoms. The maximum atomic E-state index is 14.0. The fourth-order valence-corrected chi connectivity index (χ4v) is 4.97. The maximum absolute atomic E-state index is 14.0. The van der Waals surface area contributed by atoms with Crippen LogP contribution in [0.15, 0.2) is 103 Å². The highest BCUT2D eigenvalue weighted by atomic mass is 35.5. The van der Waals surface area contributed by atoms with E-state index in [-0.39, 0.29) is 23.3 Å². The number of para-hydroxylation sites is 2. The molecule has 1 N–H and O–H groups in total. The average Bonchev–Trinajstić information content (AvgIpc) is 3.03. The van der Waals surface area contributed by atoms with Gasteiger partial charge in [-0.25, -0.2) is 4.39 Å². The van der Waals surface area contributed by atoms with Gasteiger partial charge in [0.25, 0.3) is 0 Å². The van der Waals surface area contributed by atoms with E-state index >= 15 is 0 Å². The zero-order valence-electron chi connectivity index (χ0n) is 20.7. The Morgan fingerprint density at radius 2 is 1.45 bits per heavy atom. The summed E-state index contributed by atoms with van der Waals surface area (Å²) < 4.78 is 13.6. The third-order valence-electron chi connectivity index (χ3n) is 6.60. The summed E-state index contributed by atoms with van der Waals surface area (Å²) in [7, 11) is 0. The van der Waals surface area contributed by atoms with Crippen LogP contribution in [0.3, 0.4) is 0 Å². The number of hydrogen-bond acceptors (Lipinski definition) is 3. The first-order valence-electron chi connectivity index (χ1n) is 12.5. The van der Waals surface area contributed by atoms with Gasteiger partial charge in [0.15, 0.2) is 0 Å². The van der Waals surface area contributed by atoms with Gasteiger partial charge in [0.05, 0.1) is 28.9 Å². The molecule has 0 fully saturated rings. The first kappa shape index (κ1) is 25.5. The number of hydrogen-bond donors (Lipinski definition) is 1. The zero-order valence-corrected chi connectivity index (χ0v) is 21.4. The predicted octanol–water partition coefficient (Wildman–Crippen LogP) is 6.68. The molecule has 0 aliphatic carbocycles. The van der Waals surface area contributed by atoms with Crippen LogP contribution in [0, 0.1) is 11.7 Å². The Labute approximate surface area is 226 Å². The molecule has 0 radical (unpaired) electrons. The van der Waals surface area contributed by atoms with Crippen molar-refractivity contribution in [1.29, 1.82) is 0 Å². The molecule has 5 rings (SSSR count). The van der Waals surface area contributed by atoms with Crippen molar-refractivity contribution in [3.63, 3.8) is 0 Å². The molecule has 0 saturated heterocycles. The van der Waals surface area contributed by atoms with Crippen molar-refractivity contribution < 1.29 is 14.0 Å². The molecular formula is C31H27ClFN3O2. The molecule has 4 aromatic rings. The number of nitrogens with zero attached hydrogens (tertiary/aromatic N) is 2. The second-order valence-electron chi connectivity index (χ2n) is 9.34. The molecule has 38 heavy (non-hydrogen) atoms. The molecule has 1 aliphatic rings. The van der Waals surface area contributed by atoms with Crippen LogP contribution in [-0.2, 0) is 22.7 Å². The topological polar surface area (TPSA) is 52.7 Å². The molecule has 1 atom stereocenters. The van der Waals surface area contributed by atoms with Crippen molar-refractivity contribution in [1.82, 2.24) is 0 Å². The molecule has 4 aromatic carbocycles. The van der Waals surface area contributed by atoms with E-state index < -0.39 is 11.7 Å². The Hall–Kier alpha value is -4.16. The summed E-state index contributed by atoms with van der Waals surface area (Å²) >= 11 is 5.88. The average molecular weight is 528 g/mol. The number of amides is 2. The van der Waals surface area contributed by atoms with Crippen molar-refractivity contribution in [3.8, 4) is 0 Å². The number of carbonyl (C=O) groups is 2. The van der Waals surface area contributed by atoms with Gasteiger partial charge >= 0.3 is 0 Å². The van der Waals surface area contributed by atoms with Gasteiger partial charge in [-0.1, -0.05) is 84.4 Å². The second-order valence-corrected chi connectivity index (χ2v) is 9.75. The first-order chi connectivity index (χ1) is 18.5. The highest BCUT2D eigenvalue weighted by Gasteiger charge is 2.35. The Kier molecular flexibility index (Phi) is 7.70. The van der Waals surface area contributed by atoms with Crippen molar-refractivity contribution in [2.45, 2.75) is 19.5 Å². The third-order valence-corrected chi connectivity index (χ3v) is 6.89. The van der Waals surface area contributed by atoms with Crippen molar-refractivity contribution >= 4 is 40.5 Å². The largest absolute Gasteiger partial charge is 0.365 e. The summed E-state index contributed by atoms with van der Waals surface area (Å²) in [4.78, 5) is 31.1. The van der Waals surface area contributed by atoms with Crippen LogP contribution in [-0.4, -0.2) is 18.4 Å². The summed E-state index contributed by atoms with van der Waals surface area (Å²) in [6.07, 6.45) is -0.0294. The normalized spacial score (nSPS) is 15.1. The number of anilines is 3. The third kappa shape index (κ3) is 5.87. The van der Waals surface area contributed by atoms with E-state index in [0.29, 0.717) is 25.3 Å². The van der Waals surface area contributed by atoms with E-state index in [0.717, 1.165) is 22.5 Å². The Morgan fingerprint density at radius 3 is 2.11 bits per heavy atom. The van der Waals surface area contributed by atoms with E-state index in [4.69, 9.17) is 11.6 Å². The van der Waals surface area contributed by atoms with Gasteiger partial charge in [-0.3, -0.25) is 9.59 Å². The number of halogens is 2. The molecular weight excluding hydrogens is 501 g/mol. The smallest absolute Gasteiger partial charge is 0.232 e. The number of rotatable bonds is 7. The highest BCUT2D eigenvalue weighted by molar-refractivity contribution is 6.31. The maximum Gasteiger partial charge on any atom is 0.232 e. The fraction of sp³-hybridized carbons (Fsp3) is 0.161. The Bertz CT molecular complexity index is 1430. The number of fused-ring (bicyclic) bond motifs is 1. The lowest BCUT2D eigenvalue weighted by molar-refractivity contribution is -0.126. The van der Waals surface area contributed by atoms with Crippen LogP contribution in [0.1, 0.15) is 17.5 Å². The zero-order chi connectivity index (χ0) is 26.5. The molecule has 0 bridgehead atoms. The van der Waals surface area contributed by atoms with E-state index in [1.165, 1.54) is 18.2 Å². The van der Waals surface area contributed by atoms with Gasteiger partial charge in [0.1, 0.15) is 5.82 Å². The molecule has 5 nitrogen and oxygen atoms in total. The van der Waals surface area contributed by atoms with Gasteiger partial charge < -0.3 is 15.1 Å². The van der Waals surface area contributed by atoms with Gasteiger partial charge in [-0.2, -0.15) is 0 Å². The van der Waals surface area contributed by atoms with E-state index in [9.17, 15) is 14.0 Å². The summed E-state index contributed by atoms with van der Waals surface area (Å²) in [6.45, 7) is 1.35. The van der Waals surface area contributed by atoms with Crippen LogP contribution in [0.4, 0.5) is 21.5 Å². The minimum Gasteiger partial charge on any atom is -0.365 e. The minimum absolute atomic E-state index is 0.0294. The number of benzene rings is 4. The van der Waals surface area contributed by atoms with Crippen LogP contribution in [0.5, 0.6) is 0 Å². The van der Waals surface area contributed by atoms with Gasteiger partial charge in [0.2, 0.25) is 11.8 Å². The van der Waals surface area contributed by atoms with Crippen LogP contribution in [0.25, 0.3) is 0 Å². The van der Waals surface area contributed by atoms with E-state index in [2.05, 4.69) is 22.3 Å². The van der Waals surface area contributed by atoms with Gasteiger partial charge in [0, 0.05) is 25.2 Å². The van der Waals surface area contributed by atoms with Crippen LogP contribution < -0.4 is 15.1 Å². The molecule has 0 saturated carbocycles. The lowest BCUT2D eigenvalue weighted by atomic mass is 10.0. The van der Waals surface area contributed by atoms with Crippen LogP contribution in [0.2, 0.25) is 5.02 Å². The first-order valence-corrected chi connectivity index (χ1v) is 12.8. The Morgan fingerprint density at radius 1 is 0.842 bits per heavy atom. The molecule has 1 unspecified atom stereocenters. The molecule has 7 heteroatoms. The van der Waals surface area contributed by atoms with E-state index in [1.807, 2.05) is 72.8 Å². The van der Waals surface area contributed by atoms with E-state index in [1.54, 1.807) is 4.90 Å². The second kappa shape index (κ2) is 11.5. The quantitative estimate of drug-likeness (QED) is 0.292. The van der Waals surface area contributed by atoms with Crippen LogP contribution >= 0.6 is 11.6 Å². The van der Waals surface area contributed by atoms with Gasteiger partial charge in [-0.05, 0) is 41.5 Å². The van der Waals surface area contributed by atoms with Crippen molar-refractivity contribution in [3.05, 3.63) is 125 Å². The highest BCUT2D eigenvalue weighted by Crippen LogP contribution is 2.37.